The first-order valence-electron chi connectivity index (χ1n) is 10.6. The van der Waals surface area contributed by atoms with Crippen molar-refractivity contribution in [2.45, 2.75) is 24.9 Å². The lowest BCUT2D eigenvalue weighted by atomic mass is 10.0. The number of piperazine rings is 1. The topological polar surface area (TPSA) is 81.8 Å². The van der Waals surface area contributed by atoms with Crippen LogP contribution in [0.15, 0.2) is 42.5 Å². The van der Waals surface area contributed by atoms with E-state index in [0.29, 0.717) is 28.9 Å². The molecule has 3 amide bonds. The molecule has 0 bridgehead atoms. The Labute approximate surface area is 179 Å². The Bertz CT molecular complexity index is 1070. The summed E-state index contributed by atoms with van der Waals surface area (Å²) >= 11 is 0. The van der Waals surface area contributed by atoms with Gasteiger partial charge in [-0.15, -0.1) is 0 Å². The van der Waals surface area contributed by atoms with Crippen LogP contribution < -0.4 is 10.6 Å². The zero-order chi connectivity index (χ0) is 21.5. The van der Waals surface area contributed by atoms with Gasteiger partial charge in [-0.25, -0.2) is 4.39 Å². The van der Waals surface area contributed by atoms with Crippen LogP contribution in [0.25, 0.3) is 11.1 Å². The average molecular weight is 422 g/mol. The van der Waals surface area contributed by atoms with E-state index in [4.69, 9.17) is 0 Å². The van der Waals surface area contributed by atoms with E-state index in [1.54, 1.807) is 41.3 Å². The first-order valence-corrected chi connectivity index (χ1v) is 10.6. The molecule has 3 aliphatic rings. The molecule has 160 valence electrons. The predicted molar refractivity (Wildman–Crippen MR) is 113 cm³/mol. The number of benzene rings is 2. The molecule has 2 N–H and O–H groups in total. The summed E-state index contributed by atoms with van der Waals surface area (Å²) in [6.45, 7) is 1.65. The third-order valence-electron chi connectivity index (χ3n) is 6.31. The third-order valence-corrected chi connectivity index (χ3v) is 6.31. The molecular weight excluding hydrogens is 399 g/mol. The Kier molecular flexibility index (Phi) is 4.94. The number of nitrogens with one attached hydrogen (secondary N) is 2. The largest absolute Gasteiger partial charge is 0.337 e. The highest BCUT2D eigenvalue weighted by atomic mass is 19.1. The van der Waals surface area contributed by atoms with Gasteiger partial charge in [-0.05, 0) is 43.1 Å². The van der Waals surface area contributed by atoms with Gasteiger partial charge in [-0.1, -0.05) is 24.3 Å². The SMILES string of the molecule is O=C1Nc2ccc(-c3ccccc3F)cc2C(=O)N2CCN(C(=O)[C@H]3CCCN3)C[C@@H]12. The molecule has 3 aliphatic heterocycles. The van der Waals surface area contributed by atoms with Crippen molar-refractivity contribution in [3.05, 3.63) is 53.8 Å². The second-order valence-electron chi connectivity index (χ2n) is 8.18. The quantitative estimate of drug-likeness (QED) is 0.774. The Balaban J connectivity index is 1.43. The molecule has 7 nitrogen and oxygen atoms in total. The molecule has 2 aromatic carbocycles. The number of halogens is 1. The van der Waals surface area contributed by atoms with Crippen molar-refractivity contribution in [3.63, 3.8) is 0 Å². The Morgan fingerprint density at radius 1 is 1.06 bits per heavy atom. The van der Waals surface area contributed by atoms with Gasteiger partial charge in [0.1, 0.15) is 11.9 Å². The molecule has 0 aromatic heterocycles. The van der Waals surface area contributed by atoms with E-state index in [1.807, 2.05) is 0 Å². The van der Waals surface area contributed by atoms with Crippen LogP contribution in [-0.4, -0.2) is 65.8 Å². The number of amides is 3. The molecule has 2 aromatic rings. The summed E-state index contributed by atoms with van der Waals surface area (Å²) in [5, 5.41) is 6.02. The normalized spacial score (nSPS) is 23.1. The van der Waals surface area contributed by atoms with E-state index in [1.165, 1.54) is 11.0 Å². The lowest BCUT2D eigenvalue weighted by Crippen LogP contribution is -2.61. The maximum atomic E-state index is 14.3. The molecule has 2 fully saturated rings. The van der Waals surface area contributed by atoms with Gasteiger partial charge in [0.2, 0.25) is 11.8 Å². The molecule has 5 rings (SSSR count). The maximum absolute atomic E-state index is 14.3. The van der Waals surface area contributed by atoms with Crippen LogP contribution in [0.1, 0.15) is 23.2 Å². The zero-order valence-electron chi connectivity index (χ0n) is 16.9. The van der Waals surface area contributed by atoms with Crippen molar-refractivity contribution in [2.24, 2.45) is 0 Å². The fourth-order valence-electron chi connectivity index (χ4n) is 4.63. The van der Waals surface area contributed by atoms with Gasteiger partial charge in [-0.3, -0.25) is 14.4 Å². The van der Waals surface area contributed by atoms with Crippen LogP contribution in [0.3, 0.4) is 0 Å². The lowest BCUT2D eigenvalue weighted by Gasteiger charge is -2.40. The van der Waals surface area contributed by atoms with Gasteiger partial charge in [0.25, 0.3) is 5.91 Å². The molecule has 3 heterocycles. The number of nitrogens with zero attached hydrogens (tertiary/aromatic N) is 2. The highest BCUT2D eigenvalue weighted by Gasteiger charge is 2.41. The molecule has 2 saturated heterocycles. The van der Waals surface area contributed by atoms with Crippen molar-refractivity contribution in [2.75, 3.05) is 31.5 Å². The number of hydrogen-bond acceptors (Lipinski definition) is 4. The molecule has 0 unspecified atom stereocenters. The molecule has 0 spiro atoms. The minimum absolute atomic E-state index is 0.0130. The van der Waals surface area contributed by atoms with Gasteiger partial charge in [-0.2, -0.15) is 0 Å². The summed E-state index contributed by atoms with van der Waals surface area (Å²) in [6.07, 6.45) is 1.75. The van der Waals surface area contributed by atoms with E-state index in [2.05, 4.69) is 10.6 Å². The van der Waals surface area contributed by atoms with Crippen LogP contribution in [0.2, 0.25) is 0 Å². The smallest absolute Gasteiger partial charge is 0.256 e. The molecule has 31 heavy (non-hydrogen) atoms. The van der Waals surface area contributed by atoms with Crippen molar-refractivity contribution in [3.8, 4) is 11.1 Å². The van der Waals surface area contributed by atoms with E-state index in [0.717, 1.165) is 19.4 Å². The van der Waals surface area contributed by atoms with Crippen molar-refractivity contribution in [1.82, 2.24) is 15.1 Å². The average Bonchev–Trinajstić information content (AvgIpc) is 3.30. The van der Waals surface area contributed by atoms with E-state index in [-0.39, 0.29) is 42.7 Å². The summed E-state index contributed by atoms with van der Waals surface area (Å²) in [5.41, 5.74) is 1.69. The van der Waals surface area contributed by atoms with Crippen LogP contribution in [0, 0.1) is 5.82 Å². The number of rotatable bonds is 2. The monoisotopic (exact) mass is 422 g/mol. The number of carbonyl (C=O) groups excluding carboxylic acids is 3. The van der Waals surface area contributed by atoms with Gasteiger partial charge in [0.15, 0.2) is 0 Å². The molecule has 0 saturated carbocycles. The van der Waals surface area contributed by atoms with Crippen molar-refractivity contribution in [1.29, 1.82) is 0 Å². The predicted octanol–water partition coefficient (Wildman–Crippen LogP) is 1.85. The standard InChI is InChI=1S/C23H23FN4O3/c24-17-5-2-1-4-15(17)14-7-8-18-16(12-14)22(30)28-11-10-27(13-20(28)21(29)26-18)23(31)19-6-3-9-25-19/h1-2,4-5,7-8,12,19-20,25H,3,6,9-11,13H2,(H,26,29)/t19-,20+/m1/s1. The van der Waals surface area contributed by atoms with Gasteiger partial charge < -0.3 is 20.4 Å². The van der Waals surface area contributed by atoms with Crippen LogP contribution in [0.4, 0.5) is 10.1 Å². The fraction of sp³-hybridized carbons (Fsp3) is 0.348. The number of anilines is 1. The van der Waals surface area contributed by atoms with Crippen molar-refractivity contribution >= 4 is 23.4 Å². The van der Waals surface area contributed by atoms with E-state index < -0.39 is 6.04 Å². The lowest BCUT2D eigenvalue weighted by molar-refractivity contribution is -0.137. The number of hydrogen-bond donors (Lipinski definition) is 2. The minimum Gasteiger partial charge on any atom is -0.337 e. The first kappa shape index (κ1) is 19.7. The Morgan fingerprint density at radius 2 is 1.90 bits per heavy atom. The highest BCUT2D eigenvalue weighted by molar-refractivity contribution is 6.10. The number of carbonyl (C=O) groups is 3. The van der Waals surface area contributed by atoms with Gasteiger partial charge >= 0.3 is 0 Å². The Morgan fingerprint density at radius 3 is 2.68 bits per heavy atom. The summed E-state index contributed by atoms with van der Waals surface area (Å²) in [6, 6.07) is 10.4. The van der Waals surface area contributed by atoms with E-state index in [9.17, 15) is 18.8 Å². The fourth-order valence-corrected chi connectivity index (χ4v) is 4.63. The minimum atomic E-state index is -0.754. The third kappa shape index (κ3) is 3.46. The molecule has 8 heteroatoms. The highest BCUT2D eigenvalue weighted by Crippen LogP contribution is 2.31. The second kappa shape index (κ2) is 7.77. The summed E-state index contributed by atoms with van der Waals surface area (Å²) in [7, 11) is 0. The van der Waals surface area contributed by atoms with Crippen LogP contribution >= 0.6 is 0 Å². The van der Waals surface area contributed by atoms with E-state index >= 15 is 0 Å². The van der Waals surface area contributed by atoms with Crippen molar-refractivity contribution < 1.29 is 18.8 Å². The second-order valence-corrected chi connectivity index (χ2v) is 8.18. The molecule has 2 atom stereocenters. The summed E-state index contributed by atoms with van der Waals surface area (Å²) in [5.74, 6) is -0.996. The summed E-state index contributed by atoms with van der Waals surface area (Å²) in [4.78, 5) is 42.3. The molecular formula is C23H23FN4O3. The molecule has 0 aliphatic carbocycles. The zero-order valence-corrected chi connectivity index (χ0v) is 16.9. The maximum Gasteiger partial charge on any atom is 0.256 e. The Hall–Kier alpha value is -3.26. The van der Waals surface area contributed by atoms with Crippen LogP contribution in [0.5, 0.6) is 0 Å². The first-order chi connectivity index (χ1) is 15.0. The molecule has 0 radical (unpaired) electrons. The number of fused-ring (bicyclic) bond motifs is 2. The van der Waals surface area contributed by atoms with Gasteiger partial charge in [0, 0.05) is 18.7 Å². The van der Waals surface area contributed by atoms with Crippen LogP contribution in [-0.2, 0) is 9.59 Å². The van der Waals surface area contributed by atoms with Gasteiger partial charge in [0.05, 0.1) is 23.8 Å². The summed E-state index contributed by atoms with van der Waals surface area (Å²) < 4.78 is 14.3.